The molecule has 17 heavy (non-hydrogen) atoms. The number of aliphatic carboxylic acids is 1. The first kappa shape index (κ1) is 16.0. The molecule has 0 aliphatic carbocycles. The average molecular weight is 280 g/mol. The second kappa shape index (κ2) is 8.17. The van der Waals surface area contributed by atoms with Crippen molar-refractivity contribution in [3.8, 4) is 5.75 Å². The van der Waals surface area contributed by atoms with Gasteiger partial charge in [-0.25, -0.2) is 0 Å². The minimum atomic E-state index is -0.878. The maximum absolute atomic E-state index is 10.3. The summed E-state index contributed by atoms with van der Waals surface area (Å²) >= 11 is 5.98. The van der Waals surface area contributed by atoms with Crippen molar-refractivity contribution in [2.75, 3.05) is 13.2 Å². The van der Waals surface area contributed by atoms with E-state index in [-0.39, 0.29) is 19.0 Å². The lowest BCUT2D eigenvalue weighted by Gasteiger charge is -2.07. The van der Waals surface area contributed by atoms with E-state index in [9.17, 15) is 4.79 Å². The van der Waals surface area contributed by atoms with Crippen LogP contribution in [0.3, 0.4) is 0 Å². The third-order valence-electron chi connectivity index (χ3n) is 1.90. The van der Waals surface area contributed by atoms with E-state index in [1.807, 2.05) is 13.0 Å². The number of benzene rings is 1. The molecular weight excluding hydrogens is 265 g/mol. The normalized spacial score (nSPS) is 9.53. The number of nitrogens with one attached hydrogen (secondary N) is 1. The van der Waals surface area contributed by atoms with E-state index in [1.165, 1.54) is 0 Å². The lowest BCUT2D eigenvalue weighted by molar-refractivity contribution is -0.135. The molecule has 0 amide bonds. The molecule has 1 aromatic rings. The molecule has 0 unspecified atom stereocenters. The van der Waals surface area contributed by atoms with Crippen LogP contribution in [0.1, 0.15) is 12.5 Å². The highest BCUT2D eigenvalue weighted by Gasteiger charge is 2.03. The van der Waals surface area contributed by atoms with Crippen LogP contribution in [-0.4, -0.2) is 24.2 Å². The summed E-state index contributed by atoms with van der Waals surface area (Å²) in [6, 6.07) is 5.40. The Hall–Kier alpha value is -0.970. The van der Waals surface area contributed by atoms with Gasteiger partial charge in [-0.3, -0.25) is 4.79 Å². The second-order valence-corrected chi connectivity index (χ2v) is 3.60. The predicted octanol–water partition coefficient (Wildman–Crippen LogP) is 2.33. The summed E-state index contributed by atoms with van der Waals surface area (Å²) in [6.07, 6.45) is 0. The Kier molecular flexibility index (Phi) is 7.70. The first-order chi connectivity index (χ1) is 7.63. The van der Waals surface area contributed by atoms with Crippen LogP contribution in [0, 0.1) is 0 Å². The average Bonchev–Trinajstić information content (AvgIpc) is 2.21. The fraction of sp³-hybridized carbons (Fsp3) is 0.364. The van der Waals surface area contributed by atoms with Crippen LogP contribution in [0.15, 0.2) is 18.2 Å². The number of hydrogen-bond acceptors (Lipinski definition) is 3. The Labute approximate surface area is 111 Å². The number of carboxylic acid groups (broad SMARTS) is 1. The van der Waals surface area contributed by atoms with Gasteiger partial charge in [-0.1, -0.05) is 17.7 Å². The Morgan fingerprint density at radius 1 is 1.53 bits per heavy atom. The van der Waals surface area contributed by atoms with Gasteiger partial charge in [-0.05, 0) is 24.6 Å². The van der Waals surface area contributed by atoms with Crippen molar-refractivity contribution in [1.82, 2.24) is 5.32 Å². The molecule has 0 atom stereocenters. The Morgan fingerprint density at radius 2 is 2.24 bits per heavy atom. The monoisotopic (exact) mass is 279 g/mol. The van der Waals surface area contributed by atoms with Gasteiger partial charge in [0.25, 0.3) is 0 Å². The summed E-state index contributed by atoms with van der Waals surface area (Å²) in [5.41, 5.74) is 0.926. The first-order valence-electron chi connectivity index (χ1n) is 4.97. The van der Waals surface area contributed by atoms with Crippen LogP contribution in [-0.2, 0) is 11.3 Å². The molecule has 96 valence electrons. The van der Waals surface area contributed by atoms with E-state index >= 15 is 0 Å². The summed E-state index contributed by atoms with van der Waals surface area (Å²) in [5, 5.41) is 11.8. The van der Waals surface area contributed by atoms with E-state index in [0.29, 0.717) is 23.9 Å². The highest BCUT2D eigenvalue weighted by Crippen LogP contribution is 2.25. The predicted molar refractivity (Wildman–Crippen MR) is 69.2 cm³/mol. The zero-order chi connectivity index (χ0) is 12.0. The summed E-state index contributed by atoms with van der Waals surface area (Å²) in [5.74, 6) is -0.233. The van der Waals surface area contributed by atoms with E-state index in [4.69, 9.17) is 21.4 Å². The standard InChI is InChI=1S/C11H14ClNO3.ClH/c1-2-16-10-4-3-8(5-9(10)12)6-13-7-11(14)15;/h3-5,13H,2,6-7H2,1H3,(H,14,15);1H. The number of rotatable bonds is 6. The summed E-state index contributed by atoms with van der Waals surface area (Å²) in [4.78, 5) is 10.3. The molecule has 0 saturated carbocycles. The molecule has 2 N–H and O–H groups in total. The molecule has 0 aliphatic rings. The van der Waals surface area contributed by atoms with Crippen LogP contribution in [0.2, 0.25) is 5.02 Å². The van der Waals surface area contributed by atoms with E-state index in [0.717, 1.165) is 5.56 Å². The van der Waals surface area contributed by atoms with Gasteiger partial charge < -0.3 is 15.2 Å². The molecule has 0 saturated heterocycles. The van der Waals surface area contributed by atoms with Crippen molar-refractivity contribution in [3.05, 3.63) is 28.8 Å². The fourth-order valence-electron chi connectivity index (χ4n) is 1.24. The lowest BCUT2D eigenvalue weighted by atomic mass is 10.2. The van der Waals surface area contributed by atoms with Crippen LogP contribution in [0.25, 0.3) is 0 Å². The summed E-state index contributed by atoms with van der Waals surface area (Å²) in [6.45, 7) is 2.86. The molecule has 6 heteroatoms. The fourth-order valence-corrected chi connectivity index (χ4v) is 1.50. The number of carboxylic acids is 1. The minimum absolute atomic E-state index is 0. The maximum atomic E-state index is 10.3. The zero-order valence-electron chi connectivity index (χ0n) is 9.40. The maximum Gasteiger partial charge on any atom is 0.317 e. The van der Waals surface area contributed by atoms with Crippen molar-refractivity contribution in [1.29, 1.82) is 0 Å². The lowest BCUT2D eigenvalue weighted by Crippen LogP contribution is -2.21. The quantitative estimate of drug-likeness (QED) is 0.839. The molecule has 4 nitrogen and oxygen atoms in total. The molecule has 1 aromatic carbocycles. The molecule has 0 radical (unpaired) electrons. The van der Waals surface area contributed by atoms with Gasteiger partial charge in [0.2, 0.25) is 0 Å². The van der Waals surface area contributed by atoms with Gasteiger partial charge in [0.1, 0.15) is 5.75 Å². The SMILES string of the molecule is CCOc1ccc(CNCC(=O)O)cc1Cl.Cl. The zero-order valence-corrected chi connectivity index (χ0v) is 11.0. The first-order valence-corrected chi connectivity index (χ1v) is 5.35. The van der Waals surface area contributed by atoms with Gasteiger partial charge in [-0.15, -0.1) is 12.4 Å². The summed E-state index contributed by atoms with van der Waals surface area (Å²) < 4.78 is 5.29. The van der Waals surface area contributed by atoms with E-state index in [1.54, 1.807) is 12.1 Å². The molecule has 0 spiro atoms. The second-order valence-electron chi connectivity index (χ2n) is 3.20. The molecule has 0 bridgehead atoms. The number of carbonyl (C=O) groups is 1. The van der Waals surface area contributed by atoms with Gasteiger partial charge in [0.15, 0.2) is 0 Å². The van der Waals surface area contributed by atoms with Crippen molar-refractivity contribution >= 4 is 30.0 Å². The molecule has 0 aromatic heterocycles. The molecule has 0 heterocycles. The van der Waals surface area contributed by atoms with Crippen molar-refractivity contribution in [3.63, 3.8) is 0 Å². The van der Waals surface area contributed by atoms with Crippen molar-refractivity contribution in [2.45, 2.75) is 13.5 Å². The third kappa shape index (κ3) is 5.77. The van der Waals surface area contributed by atoms with Crippen molar-refractivity contribution < 1.29 is 14.6 Å². The van der Waals surface area contributed by atoms with Crippen LogP contribution in [0.4, 0.5) is 0 Å². The third-order valence-corrected chi connectivity index (χ3v) is 2.20. The van der Waals surface area contributed by atoms with Crippen molar-refractivity contribution in [2.24, 2.45) is 0 Å². The Balaban J connectivity index is 0.00000256. The molecule has 1 rings (SSSR count). The molecular formula is C11H15Cl2NO3. The Bertz CT molecular complexity index is 372. The number of halogens is 2. The van der Waals surface area contributed by atoms with Crippen LogP contribution < -0.4 is 10.1 Å². The minimum Gasteiger partial charge on any atom is -0.492 e. The smallest absolute Gasteiger partial charge is 0.317 e. The van der Waals surface area contributed by atoms with Crippen LogP contribution >= 0.6 is 24.0 Å². The summed E-state index contributed by atoms with van der Waals surface area (Å²) in [7, 11) is 0. The van der Waals surface area contributed by atoms with Crippen LogP contribution in [0.5, 0.6) is 5.75 Å². The van der Waals surface area contributed by atoms with E-state index in [2.05, 4.69) is 5.32 Å². The highest BCUT2D eigenvalue weighted by atomic mass is 35.5. The van der Waals surface area contributed by atoms with E-state index < -0.39 is 5.97 Å². The van der Waals surface area contributed by atoms with Gasteiger partial charge in [0.05, 0.1) is 18.2 Å². The van der Waals surface area contributed by atoms with Gasteiger partial charge in [-0.2, -0.15) is 0 Å². The largest absolute Gasteiger partial charge is 0.492 e. The Morgan fingerprint density at radius 3 is 2.76 bits per heavy atom. The van der Waals surface area contributed by atoms with Gasteiger partial charge >= 0.3 is 5.97 Å². The number of hydrogen-bond donors (Lipinski definition) is 2. The topological polar surface area (TPSA) is 58.6 Å². The molecule has 0 aliphatic heterocycles. The molecule has 0 fully saturated rings. The number of ether oxygens (including phenoxy) is 1. The van der Waals surface area contributed by atoms with Gasteiger partial charge in [0, 0.05) is 6.54 Å². The highest BCUT2D eigenvalue weighted by molar-refractivity contribution is 6.32.